The number of nitrogens with zero attached hydrogens (tertiary/aromatic N) is 3. The van der Waals surface area contributed by atoms with E-state index in [1.165, 1.54) is 13.0 Å². The summed E-state index contributed by atoms with van der Waals surface area (Å²) in [7, 11) is 2.16. The maximum atomic E-state index is 4.04. The Morgan fingerprint density at radius 1 is 1.55 bits per heavy atom. The van der Waals surface area contributed by atoms with Crippen LogP contribution in [0.1, 0.15) is 12.5 Å². The van der Waals surface area contributed by atoms with E-state index in [0.29, 0.717) is 6.04 Å². The Labute approximate surface area is 66.6 Å². The lowest BCUT2D eigenvalue weighted by molar-refractivity contribution is 0.392. The number of hydrogen-bond donors (Lipinski definition) is 0. The average molecular weight is 151 g/mol. The molecule has 1 saturated heterocycles. The molecule has 0 spiro atoms. The second-order valence-electron chi connectivity index (χ2n) is 3.21. The summed E-state index contributed by atoms with van der Waals surface area (Å²) in [5.41, 5.74) is 0. The highest BCUT2D eigenvalue weighted by molar-refractivity contribution is 4.85. The van der Waals surface area contributed by atoms with Gasteiger partial charge in [-0.1, -0.05) is 0 Å². The van der Waals surface area contributed by atoms with E-state index >= 15 is 0 Å². The molecule has 0 amide bonds. The van der Waals surface area contributed by atoms with E-state index in [4.69, 9.17) is 0 Å². The lowest BCUT2D eigenvalue weighted by Crippen LogP contribution is -2.15. The molecule has 3 heteroatoms. The van der Waals surface area contributed by atoms with Crippen molar-refractivity contribution < 1.29 is 0 Å². The Morgan fingerprint density at radius 2 is 2.45 bits per heavy atom. The molecule has 0 N–H and O–H groups in total. The fraction of sp³-hybridized carbons (Fsp3) is 0.625. The number of hydrogen-bond acceptors (Lipinski definition) is 2. The molecule has 0 aromatic carbocycles. The predicted octanol–water partition coefficient (Wildman–Crippen LogP) is 0.760. The third-order valence-electron chi connectivity index (χ3n) is 2.31. The maximum Gasteiger partial charge on any atom is 0.0948 e. The quantitative estimate of drug-likeness (QED) is 0.591. The Morgan fingerprint density at radius 3 is 3.00 bits per heavy atom. The number of likely N-dealkylation sites (tertiary alicyclic amines) is 1. The van der Waals surface area contributed by atoms with E-state index in [9.17, 15) is 0 Å². The standard InChI is InChI=1S/C8H13N3/c1-10-4-2-8(6-10)11-5-3-9-7-11/h3,5,7-8H,2,4,6H2,1H3/t8-/m1/s1. The van der Waals surface area contributed by atoms with Crippen LogP contribution in [0.15, 0.2) is 18.7 Å². The van der Waals surface area contributed by atoms with Gasteiger partial charge in [-0.05, 0) is 20.0 Å². The summed E-state index contributed by atoms with van der Waals surface area (Å²) in [4.78, 5) is 6.39. The Balaban J connectivity index is 2.08. The van der Waals surface area contributed by atoms with Crippen LogP contribution < -0.4 is 0 Å². The minimum atomic E-state index is 0.655. The molecule has 1 aliphatic heterocycles. The molecule has 1 fully saturated rings. The summed E-state index contributed by atoms with van der Waals surface area (Å²) in [5.74, 6) is 0. The molecule has 0 bridgehead atoms. The first-order valence-corrected chi connectivity index (χ1v) is 4.02. The zero-order valence-corrected chi connectivity index (χ0v) is 6.77. The summed E-state index contributed by atoms with van der Waals surface area (Å²) in [6, 6.07) is 0.655. The minimum absolute atomic E-state index is 0.655. The van der Waals surface area contributed by atoms with E-state index in [-0.39, 0.29) is 0 Å². The number of imidazole rings is 1. The van der Waals surface area contributed by atoms with E-state index < -0.39 is 0 Å². The third-order valence-corrected chi connectivity index (χ3v) is 2.31. The lowest BCUT2D eigenvalue weighted by Gasteiger charge is -2.10. The molecular formula is C8H13N3. The Hall–Kier alpha value is -0.830. The van der Waals surface area contributed by atoms with Gasteiger partial charge in [0.05, 0.1) is 6.33 Å². The smallest absolute Gasteiger partial charge is 0.0948 e. The zero-order chi connectivity index (χ0) is 7.68. The van der Waals surface area contributed by atoms with Gasteiger partial charge in [0.2, 0.25) is 0 Å². The number of likely N-dealkylation sites (N-methyl/N-ethyl adjacent to an activating group) is 1. The van der Waals surface area contributed by atoms with Crippen LogP contribution in [0.3, 0.4) is 0 Å². The SMILES string of the molecule is CN1CC[C@@H](n2ccnc2)C1. The first kappa shape index (κ1) is 6.85. The van der Waals surface area contributed by atoms with Crippen molar-refractivity contribution in [1.29, 1.82) is 0 Å². The average Bonchev–Trinajstić information content (AvgIpc) is 2.55. The van der Waals surface area contributed by atoms with Crippen LogP contribution in [-0.2, 0) is 0 Å². The summed E-state index contributed by atoms with van der Waals surface area (Å²) in [6.07, 6.45) is 7.05. The molecule has 0 radical (unpaired) electrons. The highest BCUT2D eigenvalue weighted by Crippen LogP contribution is 2.18. The van der Waals surface area contributed by atoms with E-state index in [1.54, 1.807) is 0 Å². The molecule has 1 aromatic heterocycles. The van der Waals surface area contributed by atoms with Crippen LogP contribution >= 0.6 is 0 Å². The topological polar surface area (TPSA) is 21.1 Å². The maximum absolute atomic E-state index is 4.04. The van der Waals surface area contributed by atoms with Crippen LogP contribution in [0.25, 0.3) is 0 Å². The van der Waals surface area contributed by atoms with Crippen molar-refractivity contribution in [3.8, 4) is 0 Å². The van der Waals surface area contributed by atoms with Gasteiger partial charge in [-0.3, -0.25) is 0 Å². The van der Waals surface area contributed by atoms with Crippen LogP contribution in [0.4, 0.5) is 0 Å². The Kier molecular flexibility index (Phi) is 1.66. The molecule has 0 aliphatic carbocycles. The largest absolute Gasteiger partial charge is 0.333 e. The van der Waals surface area contributed by atoms with Crippen molar-refractivity contribution in [2.45, 2.75) is 12.5 Å². The molecule has 60 valence electrons. The molecule has 0 saturated carbocycles. The van der Waals surface area contributed by atoms with Gasteiger partial charge in [0.1, 0.15) is 0 Å². The zero-order valence-electron chi connectivity index (χ0n) is 6.77. The summed E-state index contributed by atoms with van der Waals surface area (Å²) in [5, 5.41) is 0. The number of aromatic nitrogens is 2. The van der Waals surface area contributed by atoms with Crippen molar-refractivity contribution in [2.75, 3.05) is 20.1 Å². The van der Waals surface area contributed by atoms with E-state index in [2.05, 4.69) is 21.5 Å². The van der Waals surface area contributed by atoms with E-state index in [0.717, 1.165) is 6.54 Å². The Bertz CT molecular complexity index is 217. The van der Waals surface area contributed by atoms with E-state index in [1.807, 2.05) is 18.7 Å². The first-order valence-electron chi connectivity index (χ1n) is 4.02. The molecule has 1 aromatic rings. The summed E-state index contributed by atoms with van der Waals surface area (Å²) < 4.78 is 2.20. The van der Waals surface area contributed by atoms with Gasteiger partial charge in [0.25, 0.3) is 0 Å². The van der Waals surface area contributed by atoms with Crippen molar-refractivity contribution >= 4 is 0 Å². The van der Waals surface area contributed by atoms with Crippen LogP contribution in [0, 0.1) is 0 Å². The molecule has 2 heterocycles. The van der Waals surface area contributed by atoms with Crippen molar-refractivity contribution in [2.24, 2.45) is 0 Å². The fourth-order valence-corrected chi connectivity index (χ4v) is 1.64. The monoisotopic (exact) mass is 151 g/mol. The molecule has 11 heavy (non-hydrogen) atoms. The van der Waals surface area contributed by atoms with Crippen molar-refractivity contribution in [1.82, 2.24) is 14.5 Å². The highest BCUT2D eigenvalue weighted by atomic mass is 15.2. The fourth-order valence-electron chi connectivity index (χ4n) is 1.64. The molecule has 1 atom stereocenters. The first-order chi connectivity index (χ1) is 5.36. The third kappa shape index (κ3) is 1.28. The van der Waals surface area contributed by atoms with Gasteiger partial charge in [0, 0.05) is 25.0 Å². The molecule has 1 aliphatic rings. The van der Waals surface area contributed by atoms with Crippen LogP contribution in [0.2, 0.25) is 0 Å². The molecule has 2 rings (SSSR count). The van der Waals surface area contributed by atoms with Gasteiger partial charge in [-0.25, -0.2) is 4.98 Å². The minimum Gasteiger partial charge on any atom is -0.333 e. The summed E-state index contributed by atoms with van der Waals surface area (Å²) in [6.45, 7) is 2.37. The van der Waals surface area contributed by atoms with Gasteiger partial charge in [0.15, 0.2) is 0 Å². The van der Waals surface area contributed by atoms with Crippen LogP contribution in [-0.4, -0.2) is 34.6 Å². The second kappa shape index (κ2) is 2.66. The normalized spacial score (nSPS) is 26.1. The lowest BCUT2D eigenvalue weighted by atomic mass is 10.3. The van der Waals surface area contributed by atoms with Gasteiger partial charge >= 0.3 is 0 Å². The predicted molar refractivity (Wildman–Crippen MR) is 43.4 cm³/mol. The van der Waals surface area contributed by atoms with Crippen LogP contribution in [0.5, 0.6) is 0 Å². The molecular weight excluding hydrogens is 138 g/mol. The highest BCUT2D eigenvalue weighted by Gasteiger charge is 2.19. The summed E-state index contributed by atoms with van der Waals surface area (Å²) >= 11 is 0. The van der Waals surface area contributed by atoms with Crippen molar-refractivity contribution in [3.05, 3.63) is 18.7 Å². The van der Waals surface area contributed by atoms with Gasteiger partial charge < -0.3 is 9.47 Å². The molecule has 0 unspecified atom stereocenters. The number of rotatable bonds is 1. The van der Waals surface area contributed by atoms with Gasteiger partial charge in [-0.15, -0.1) is 0 Å². The second-order valence-corrected chi connectivity index (χ2v) is 3.21. The van der Waals surface area contributed by atoms with Crippen molar-refractivity contribution in [3.63, 3.8) is 0 Å². The molecule has 3 nitrogen and oxygen atoms in total. The van der Waals surface area contributed by atoms with Gasteiger partial charge in [-0.2, -0.15) is 0 Å².